The highest BCUT2D eigenvalue weighted by Crippen LogP contribution is 2.65. The molecule has 4 aliphatic rings. The molecule has 3 N–H and O–H groups in total. The SMILES string of the molecule is C[C@]12CC[C@H]3[C@@H](CCC4=C/C(=N\OCC(=O)N[C@H](C(=O)O)c5ccccc5)CC[C@@]43C)[C@@H]1CC[C@H]2O. The second kappa shape index (κ2) is 9.66. The lowest BCUT2D eigenvalue weighted by Crippen LogP contribution is -2.51. The smallest absolute Gasteiger partial charge is 0.330 e. The summed E-state index contributed by atoms with van der Waals surface area (Å²) in [6.45, 7) is 4.41. The Morgan fingerprint density at radius 2 is 1.86 bits per heavy atom. The first kappa shape index (κ1) is 25.0. The Morgan fingerprint density at radius 3 is 2.61 bits per heavy atom. The van der Waals surface area contributed by atoms with E-state index in [2.05, 4.69) is 30.4 Å². The molecule has 5 rings (SSSR count). The number of hydrogen-bond donors (Lipinski definition) is 3. The number of nitrogens with zero attached hydrogens (tertiary/aromatic N) is 1. The molecule has 0 radical (unpaired) electrons. The summed E-state index contributed by atoms with van der Waals surface area (Å²) in [5.74, 6) is 0.330. The Balaban J connectivity index is 1.21. The molecule has 3 saturated carbocycles. The van der Waals surface area contributed by atoms with Crippen molar-refractivity contribution in [2.75, 3.05) is 6.61 Å². The number of aliphatic hydroxyl groups is 1. The van der Waals surface area contributed by atoms with Crippen molar-refractivity contribution >= 4 is 17.6 Å². The van der Waals surface area contributed by atoms with Crippen molar-refractivity contribution in [2.45, 2.75) is 77.4 Å². The van der Waals surface area contributed by atoms with Gasteiger partial charge in [-0.05, 0) is 91.6 Å². The highest BCUT2D eigenvalue weighted by Gasteiger charge is 2.58. The van der Waals surface area contributed by atoms with Gasteiger partial charge < -0.3 is 20.4 Å². The Kier molecular flexibility index (Phi) is 6.70. The standard InChI is InChI=1S/C29H38N2O5/c1-28-14-12-20(31-36-17-25(33)30-26(27(34)35)18-6-4-3-5-7-18)16-19(28)8-9-21-22-10-11-24(32)29(22,2)15-13-23(21)28/h3-7,16,21-24,26,32H,8-15,17H2,1-2H3,(H,30,33)(H,34,35)/b31-20-/t21-,22-,23-,24+,26-,28-,29-/m0/s1. The monoisotopic (exact) mass is 494 g/mol. The molecular formula is C29H38N2O5. The van der Waals surface area contributed by atoms with Crippen molar-refractivity contribution in [2.24, 2.45) is 33.7 Å². The topological polar surface area (TPSA) is 108 Å². The fraction of sp³-hybridized carbons (Fsp3) is 0.621. The molecule has 0 bridgehead atoms. The number of benzene rings is 1. The third-order valence-electron chi connectivity index (χ3n) is 9.99. The van der Waals surface area contributed by atoms with Crippen LogP contribution in [0.15, 0.2) is 47.1 Å². The van der Waals surface area contributed by atoms with E-state index in [0.29, 0.717) is 23.3 Å². The fourth-order valence-corrected chi connectivity index (χ4v) is 7.93. The molecule has 1 aromatic rings. The van der Waals surface area contributed by atoms with Gasteiger partial charge in [0.2, 0.25) is 0 Å². The summed E-state index contributed by atoms with van der Waals surface area (Å²) in [6.07, 6.45) is 10.5. The van der Waals surface area contributed by atoms with Crippen LogP contribution in [0.1, 0.15) is 76.8 Å². The molecule has 7 heteroatoms. The van der Waals surface area contributed by atoms with E-state index in [-0.39, 0.29) is 23.5 Å². The molecule has 0 aromatic heterocycles. The summed E-state index contributed by atoms with van der Waals surface area (Å²) < 4.78 is 0. The second-order valence-corrected chi connectivity index (χ2v) is 11.7. The number of amides is 1. The maximum Gasteiger partial charge on any atom is 0.330 e. The number of carbonyl (C=O) groups is 2. The normalized spacial score (nSPS) is 37.2. The van der Waals surface area contributed by atoms with Gasteiger partial charge >= 0.3 is 5.97 Å². The number of oxime groups is 1. The molecular weight excluding hydrogens is 456 g/mol. The molecule has 194 valence electrons. The minimum absolute atomic E-state index is 0.0919. The van der Waals surface area contributed by atoms with E-state index in [4.69, 9.17) is 4.84 Å². The Bertz CT molecular complexity index is 1070. The Hall–Kier alpha value is -2.67. The zero-order chi connectivity index (χ0) is 25.5. The molecule has 0 spiro atoms. The molecule has 7 nitrogen and oxygen atoms in total. The van der Waals surface area contributed by atoms with Gasteiger partial charge in [0.15, 0.2) is 12.6 Å². The van der Waals surface area contributed by atoms with Crippen LogP contribution in [0.3, 0.4) is 0 Å². The van der Waals surface area contributed by atoms with Crippen LogP contribution in [0, 0.1) is 28.6 Å². The first-order valence-corrected chi connectivity index (χ1v) is 13.4. The molecule has 0 aliphatic heterocycles. The van der Waals surface area contributed by atoms with Gasteiger partial charge in [-0.25, -0.2) is 4.79 Å². The van der Waals surface area contributed by atoms with Gasteiger partial charge in [0.25, 0.3) is 5.91 Å². The number of allylic oxidation sites excluding steroid dienone is 2. The molecule has 0 heterocycles. The van der Waals surface area contributed by atoms with Gasteiger partial charge in [-0.2, -0.15) is 0 Å². The van der Waals surface area contributed by atoms with Crippen molar-refractivity contribution < 1.29 is 24.6 Å². The number of hydrogen-bond acceptors (Lipinski definition) is 5. The number of aliphatic hydroxyl groups excluding tert-OH is 1. The fourth-order valence-electron chi connectivity index (χ4n) is 7.93. The Labute approximate surface area is 213 Å². The summed E-state index contributed by atoms with van der Waals surface area (Å²) in [6, 6.07) is 7.48. The van der Waals surface area contributed by atoms with Crippen molar-refractivity contribution in [3.63, 3.8) is 0 Å². The quantitative estimate of drug-likeness (QED) is 0.500. The maximum atomic E-state index is 12.3. The van der Waals surface area contributed by atoms with E-state index in [9.17, 15) is 19.8 Å². The first-order chi connectivity index (χ1) is 17.2. The lowest BCUT2D eigenvalue weighted by atomic mass is 9.47. The number of carboxylic acid groups (broad SMARTS) is 1. The van der Waals surface area contributed by atoms with Crippen LogP contribution < -0.4 is 5.32 Å². The van der Waals surface area contributed by atoms with Crippen LogP contribution in [-0.4, -0.2) is 40.5 Å². The van der Waals surface area contributed by atoms with Crippen molar-refractivity contribution in [1.82, 2.24) is 5.32 Å². The minimum Gasteiger partial charge on any atom is -0.479 e. The third-order valence-corrected chi connectivity index (χ3v) is 9.99. The van der Waals surface area contributed by atoms with Crippen LogP contribution >= 0.6 is 0 Å². The second-order valence-electron chi connectivity index (χ2n) is 11.7. The van der Waals surface area contributed by atoms with E-state index in [0.717, 1.165) is 44.2 Å². The molecule has 4 aliphatic carbocycles. The average molecular weight is 495 g/mol. The number of carboxylic acids is 1. The number of aliphatic carboxylic acids is 1. The Morgan fingerprint density at radius 1 is 1.08 bits per heavy atom. The summed E-state index contributed by atoms with van der Waals surface area (Å²) in [7, 11) is 0. The minimum atomic E-state index is -1.12. The average Bonchev–Trinajstić information content (AvgIpc) is 3.17. The number of carbonyl (C=O) groups excluding carboxylic acids is 1. The van der Waals surface area contributed by atoms with Gasteiger partial charge in [-0.15, -0.1) is 0 Å². The summed E-state index contributed by atoms with van der Waals surface area (Å²) in [5.41, 5.74) is 3.06. The maximum absolute atomic E-state index is 12.3. The van der Waals surface area contributed by atoms with Gasteiger partial charge in [0.1, 0.15) is 0 Å². The lowest BCUT2D eigenvalue weighted by Gasteiger charge is -2.57. The highest BCUT2D eigenvalue weighted by molar-refractivity contribution is 5.96. The van der Waals surface area contributed by atoms with Gasteiger partial charge in [-0.3, -0.25) is 4.79 Å². The van der Waals surface area contributed by atoms with Crippen molar-refractivity contribution in [3.8, 4) is 0 Å². The number of nitrogens with one attached hydrogen (secondary N) is 1. The van der Waals surface area contributed by atoms with Crippen molar-refractivity contribution in [3.05, 3.63) is 47.5 Å². The molecule has 1 amide bonds. The summed E-state index contributed by atoms with van der Waals surface area (Å²) >= 11 is 0. The highest BCUT2D eigenvalue weighted by atomic mass is 16.6. The van der Waals surface area contributed by atoms with E-state index >= 15 is 0 Å². The van der Waals surface area contributed by atoms with Gasteiger partial charge in [-0.1, -0.05) is 54.9 Å². The largest absolute Gasteiger partial charge is 0.479 e. The lowest BCUT2D eigenvalue weighted by molar-refractivity contribution is -0.142. The third kappa shape index (κ3) is 4.36. The summed E-state index contributed by atoms with van der Waals surface area (Å²) in [4.78, 5) is 29.3. The van der Waals surface area contributed by atoms with Crippen molar-refractivity contribution in [1.29, 1.82) is 0 Å². The molecule has 1 aromatic carbocycles. The molecule has 0 saturated heterocycles. The first-order valence-electron chi connectivity index (χ1n) is 13.4. The molecule has 0 unspecified atom stereocenters. The zero-order valence-electron chi connectivity index (χ0n) is 21.3. The predicted molar refractivity (Wildman–Crippen MR) is 136 cm³/mol. The van der Waals surface area contributed by atoms with Crippen LogP contribution in [0.2, 0.25) is 0 Å². The zero-order valence-corrected chi connectivity index (χ0v) is 21.3. The molecule has 3 fully saturated rings. The van der Waals surface area contributed by atoms with E-state index < -0.39 is 17.9 Å². The van der Waals surface area contributed by atoms with E-state index in [1.807, 2.05) is 0 Å². The summed E-state index contributed by atoms with van der Waals surface area (Å²) in [5, 5.41) is 26.9. The van der Waals surface area contributed by atoms with E-state index in [1.54, 1.807) is 30.3 Å². The van der Waals surface area contributed by atoms with Gasteiger partial charge in [0.05, 0.1) is 11.8 Å². The number of rotatable bonds is 6. The predicted octanol–water partition coefficient (Wildman–Crippen LogP) is 4.62. The molecule has 36 heavy (non-hydrogen) atoms. The van der Waals surface area contributed by atoms with E-state index in [1.165, 1.54) is 18.4 Å². The van der Waals surface area contributed by atoms with Crippen LogP contribution in [0.5, 0.6) is 0 Å². The van der Waals surface area contributed by atoms with Crippen LogP contribution in [-0.2, 0) is 14.4 Å². The number of fused-ring (bicyclic) bond motifs is 5. The van der Waals surface area contributed by atoms with Gasteiger partial charge in [0, 0.05) is 0 Å². The molecule has 7 atom stereocenters. The van der Waals surface area contributed by atoms with Crippen LogP contribution in [0.4, 0.5) is 0 Å². The van der Waals surface area contributed by atoms with Crippen LogP contribution in [0.25, 0.3) is 0 Å².